The van der Waals surface area contributed by atoms with Crippen molar-refractivity contribution in [3.63, 3.8) is 0 Å². The van der Waals surface area contributed by atoms with Crippen molar-refractivity contribution in [2.75, 3.05) is 12.8 Å². The summed E-state index contributed by atoms with van der Waals surface area (Å²) >= 11 is 1.69. The van der Waals surface area contributed by atoms with Gasteiger partial charge in [0, 0.05) is 12.6 Å². The van der Waals surface area contributed by atoms with Crippen LogP contribution < -0.4 is 11.1 Å². The van der Waals surface area contributed by atoms with Crippen molar-refractivity contribution < 1.29 is 4.79 Å². The van der Waals surface area contributed by atoms with Crippen molar-refractivity contribution >= 4 is 28.7 Å². The van der Waals surface area contributed by atoms with Crippen LogP contribution in [-0.2, 0) is 17.1 Å². The molecule has 0 aliphatic rings. The van der Waals surface area contributed by atoms with Crippen LogP contribution in [0.25, 0.3) is 11.0 Å². The summed E-state index contributed by atoms with van der Waals surface area (Å²) in [6.45, 7) is 2.61. The summed E-state index contributed by atoms with van der Waals surface area (Å²) in [7, 11) is 0. The number of nitrogens with zero attached hydrogens (tertiary/aromatic N) is 2. The van der Waals surface area contributed by atoms with E-state index >= 15 is 0 Å². The van der Waals surface area contributed by atoms with E-state index in [2.05, 4.69) is 10.3 Å². The van der Waals surface area contributed by atoms with Crippen molar-refractivity contribution in [3.8, 4) is 0 Å². The number of thioether (sulfide) groups is 1. The molecule has 3 N–H and O–H groups in total. The zero-order valence-corrected chi connectivity index (χ0v) is 12.6. The van der Waals surface area contributed by atoms with E-state index in [-0.39, 0.29) is 18.5 Å². The quantitative estimate of drug-likeness (QED) is 0.843. The predicted molar refractivity (Wildman–Crippen MR) is 83.6 cm³/mol. The van der Waals surface area contributed by atoms with Crippen LogP contribution in [0, 0.1) is 0 Å². The third kappa shape index (κ3) is 3.32. The van der Waals surface area contributed by atoms with Gasteiger partial charge in [-0.25, -0.2) is 4.98 Å². The molecule has 1 aromatic heterocycles. The van der Waals surface area contributed by atoms with Crippen molar-refractivity contribution in [1.29, 1.82) is 0 Å². The fourth-order valence-electron chi connectivity index (χ4n) is 2.06. The summed E-state index contributed by atoms with van der Waals surface area (Å²) < 4.78 is 1.98. The summed E-state index contributed by atoms with van der Waals surface area (Å²) in [5.41, 5.74) is 7.44. The molecule has 0 radical (unpaired) electrons. The van der Waals surface area contributed by atoms with Crippen LogP contribution in [0.2, 0.25) is 0 Å². The fraction of sp³-hybridized carbons (Fsp3) is 0.429. The SMILES string of the molecule is CSCc1nc2ccccc2n1CC(=O)N[C@@H](C)CN. The van der Waals surface area contributed by atoms with Gasteiger partial charge >= 0.3 is 0 Å². The van der Waals surface area contributed by atoms with Gasteiger partial charge in [-0.05, 0) is 25.3 Å². The molecule has 0 spiro atoms. The third-order valence-electron chi connectivity index (χ3n) is 3.07. The molecule has 1 atom stereocenters. The lowest BCUT2D eigenvalue weighted by atomic mass is 10.3. The first-order valence-corrected chi connectivity index (χ1v) is 7.97. The van der Waals surface area contributed by atoms with Crippen molar-refractivity contribution in [2.45, 2.75) is 25.3 Å². The largest absolute Gasteiger partial charge is 0.351 e. The summed E-state index contributed by atoms with van der Waals surface area (Å²) in [6.07, 6.45) is 2.03. The van der Waals surface area contributed by atoms with Crippen LogP contribution in [0.4, 0.5) is 0 Å². The molecule has 0 aliphatic carbocycles. The van der Waals surface area contributed by atoms with Crippen LogP contribution in [0.3, 0.4) is 0 Å². The second-order valence-electron chi connectivity index (χ2n) is 4.74. The van der Waals surface area contributed by atoms with E-state index in [4.69, 9.17) is 5.73 Å². The first-order chi connectivity index (χ1) is 9.65. The molecule has 0 fully saturated rings. The number of aromatic nitrogens is 2. The van der Waals surface area contributed by atoms with Gasteiger partial charge < -0.3 is 15.6 Å². The number of carbonyl (C=O) groups excluding carboxylic acids is 1. The Morgan fingerprint density at radius 3 is 2.95 bits per heavy atom. The van der Waals surface area contributed by atoms with E-state index in [9.17, 15) is 4.79 Å². The Balaban J connectivity index is 2.27. The number of hydrogen-bond acceptors (Lipinski definition) is 4. The van der Waals surface area contributed by atoms with Crippen LogP contribution in [0.5, 0.6) is 0 Å². The standard InChI is InChI=1S/C14H20N4OS/c1-10(7-15)16-14(19)8-18-12-6-4-3-5-11(12)17-13(18)9-20-2/h3-6,10H,7-9,15H2,1-2H3,(H,16,19)/t10-/m0/s1. The number of benzene rings is 1. The Bertz CT molecular complexity index is 596. The number of para-hydroxylation sites is 2. The molecule has 0 unspecified atom stereocenters. The zero-order valence-electron chi connectivity index (χ0n) is 11.8. The first-order valence-electron chi connectivity index (χ1n) is 6.58. The number of imidazole rings is 1. The van der Waals surface area contributed by atoms with Crippen LogP contribution in [-0.4, -0.2) is 34.3 Å². The van der Waals surface area contributed by atoms with E-state index in [0.717, 1.165) is 22.6 Å². The molecule has 0 saturated heterocycles. The van der Waals surface area contributed by atoms with E-state index in [1.165, 1.54) is 0 Å². The molecular weight excluding hydrogens is 272 g/mol. The lowest BCUT2D eigenvalue weighted by Gasteiger charge is -2.13. The fourth-order valence-corrected chi connectivity index (χ4v) is 2.54. The predicted octanol–water partition coefficient (Wildman–Crippen LogP) is 1.36. The molecule has 1 amide bonds. The maximum atomic E-state index is 12.1. The van der Waals surface area contributed by atoms with Crippen molar-refractivity contribution in [3.05, 3.63) is 30.1 Å². The summed E-state index contributed by atoms with van der Waals surface area (Å²) in [5.74, 6) is 1.68. The maximum absolute atomic E-state index is 12.1. The number of nitrogens with one attached hydrogen (secondary N) is 1. The van der Waals surface area contributed by atoms with Gasteiger partial charge in [0.2, 0.25) is 5.91 Å². The minimum absolute atomic E-state index is 0.0127. The molecule has 1 aromatic carbocycles. The van der Waals surface area contributed by atoms with E-state index in [0.29, 0.717) is 6.54 Å². The Morgan fingerprint density at radius 2 is 2.25 bits per heavy atom. The van der Waals surface area contributed by atoms with Crippen LogP contribution in [0.1, 0.15) is 12.7 Å². The number of nitrogens with two attached hydrogens (primary N) is 1. The highest BCUT2D eigenvalue weighted by Crippen LogP contribution is 2.18. The molecule has 1 heterocycles. The molecule has 0 saturated carbocycles. The van der Waals surface area contributed by atoms with Gasteiger partial charge in [-0.15, -0.1) is 0 Å². The lowest BCUT2D eigenvalue weighted by molar-refractivity contribution is -0.122. The van der Waals surface area contributed by atoms with Gasteiger partial charge in [0.05, 0.1) is 16.8 Å². The Morgan fingerprint density at radius 1 is 1.50 bits per heavy atom. The summed E-state index contributed by atoms with van der Waals surface area (Å²) in [5, 5.41) is 2.88. The zero-order chi connectivity index (χ0) is 14.5. The normalized spacial score (nSPS) is 12.6. The molecule has 2 aromatic rings. The Labute approximate surface area is 122 Å². The average molecular weight is 292 g/mol. The number of rotatable bonds is 6. The highest BCUT2D eigenvalue weighted by molar-refractivity contribution is 7.97. The maximum Gasteiger partial charge on any atom is 0.240 e. The highest BCUT2D eigenvalue weighted by Gasteiger charge is 2.14. The smallest absolute Gasteiger partial charge is 0.240 e. The number of amides is 1. The molecule has 6 heteroatoms. The minimum atomic E-state index is -0.0338. The number of fused-ring (bicyclic) bond motifs is 1. The number of hydrogen-bond donors (Lipinski definition) is 2. The van der Waals surface area contributed by atoms with Gasteiger partial charge in [-0.1, -0.05) is 12.1 Å². The van der Waals surface area contributed by atoms with Gasteiger partial charge in [-0.3, -0.25) is 4.79 Å². The molecule has 20 heavy (non-hydrogen) atoms. The first kappa shape index (κ1) is 14.9. The van der Waals surface area contributed by atoms with Gasteiger partial charge in [0.1, 0.15) is 12.4 Å². The Kier molecular flexibility index (Phi) is 5.03. The monoisotopic (exact) mass is 292 g/mol. The van der Waals surface area contributed by atoms with Gasteiger partial charge in [0.15, 0.2) is 0 Å². The Hall–Kier alpha value is -1.53. The molecule has 0 aliphatic heterocycles. The highest BCUT2D eigenvalue weighted by atomic mass is 32.2. The van der Waals surface area contributed by atoms with Crippen LogP contribution in [0.15, 0.2) is 24.3 Å². The molecule has 5 nitrogen and oxygen atoms in total. The second-order valence-corrected chi connectivity index (χ2v) is 5.61. The van der Waals surface area contributed by atoms with Crippen molar-refractivity contribution in [1.82, 2.24) is 14.9 Å². The molecule has 2 rings (SSSR count). The van der Waals surface area contributed by atoms with E-state index in [1.54, 1.807) is 11.8 Å². The van der Waals surface area contributed by atoms with Crippen molar-refractivity contribution in [2.24, 2.45) is 5.73 Å². The molecule has 0 bridgehead atoms. The topological polar surface area (TPSA) is 72.9 Å². The molecular formula is C14H20N4OS. The lowest BCUT2D eigenvalue weighted by Crippen LogP contribution is -2.39. The minimum Gasteiger partial charge on any atom is -0.351 e. The molecule has 108 valence electrons. The van der Waals surface area contributed by atoms with Gasteiger partial charge in [-0.2, -0.15) is 11.8 Å². The van der Waals surface area contributed by atoms with E-state index in [1.807, 2.05) is 42.0 Å². The third-order valence-corrected chi connectivity index (χ3v) is 3.62. The second kappa shape index (κ2) is 6.76. The summed E-state index contributed by atoms with van der Waals surface area (Å²) in [4.78, 5) is 16.7. The van der Waals surface area contributed by atoms with E-state index < -0.39 is 0 Å². The van der Waals surface area contributed by atoms with Crippen LogP contribution >= 0.6 is 11.8 Å². The number of carbonyl (C=O) groups is 1. The summed E-state index contributed by atoms with van der Waals surface area (Å²) in [6, 6.07) is 7.87. The van der Waals surface area contributed by atoms with Gasteiger partial charge in [0.25, 0.3) is 0 Å². The average Bonchev–Trinajstić information content (AvgIpc) is 2.77.